The van der Waals surface area contributed by atoms with Gasteiger partial charge in [-0.15, -0.1) is 0 Å². The Labute approximate surface area is 92.4 Å². The van der Waals surface area contributed by atoms with Gasteiger partial charge in [-0.1, -0.05) is 0 Å². The maximum absolute atomic E-state index is 5.31. The molecule has 0 aromatic carbocycles. The van der Waals surface area contributed by atoms with Crippen LogP contribution in [-0.2, 0) is 4.74 Å². The van der Waals surface area contributed by atoms with E-state index in [1.54, 1.807) is 0 Å². The van der Waals surface area contributed by atoms with Gasteiger partial charge in [-0.3, -0.25) is 4.90 Å². The van der Waals surface area contributed by atoms with E-state index in [0.29, 0.717) is 0 Å². The summed E-state index contributed by atoms with van der Waals surface area (Å²) in [6.07, 6.45) is 2.77. The fraction of sp³-hybridized carbons (Fsp3) is 1.00. The predicted molar refractivity (Wildman–Crippen MR) is 61.2 cm³/mol. The Morgan fingerprint density at radius 2 is 1.87 bits per heavy atom. The van der Waals surface area contributed by atoms with Gasteiger partial charge in [-0.2, -0.15) is 0 Å². The number of hydrogen-bond acceptors (Lipinski definition) is 4. The maximum atomic E-state index is 5.31. The lowest BCUT2D eigenvalue weighted by Crippen LogP contribution is -2.41. The second-order valence-electron chi connectivity index (χ2n) is 4.43. The SMILES string of the molecule is C(CNC1CC1)NCCN1CCOCC1. The Kier molecular flexibility index (Phi) is 4.86. The Bertz CT molecular complexity index is 167. The third-order valence-electron chi connectivity index (χ3n) is 3.02. The van der Waals surface area contributed by atoms with E-state index in [0.717, 1.165) is 58.5 Å². The summed E-state index contributed by atoms with van der Waals surface area (Å²) >= 11 is 0. The van der Waals surface area contributed by atoms with Gasteiger partial charge in [0.25, 0.3) is 0 Å². The lowest BCUT2D eigenvalue weighted by Gasteiger charge is -2.26. The molecule has 4 heteroatoms. The summed E-state index contributed by atoms with van der Waals surface area (Å²) < 4.78 is 5.31. The van der Waals surface area contributed by atoms with Crippen molar-refractivity contribution in [3.05, 3.63) is 0 Å². The molecule has 88 valence electrons. The molecule has 0 spiro atoms. The van der Waals surface area contributed by atoms with Crippen LogP contribution < -0.4 is 10.6 Å². The van der Waals surface area contributed by atoms with Crippen LogP contribution in [0.3, 0.4) is 0 Å². The highest BCUT2D eigenvalue weighted by atomic mass is 16.5. The number of nitrogens with zero attached hydrogens (tertiary/aromatic N) is 1. The van der Waals surface area contributed by atoms with E-state index < -0.39 is 0 Å². The van der Waals surface area contributed by atoms with Crippen molar-refractivity contribution < 1.29 is 4.74 Å². The summed E-state index contributed by atoms with van der Waals surface area (Å²) in [6, 6.07) is 0.839. The van der Waals surface area contributed by atoms with Crippen molar-refractivity contribution in [2.24, 2.45) is 0 Å². The van der Waals surface area contributed by atoms with Gasteiger partial charge in [0, 0.05) is 45.3 Å². The first-order valence-corrected chi connectivity index (χ1v) is 6.19. The molecule has 2 fully saturated rings. The van der Waals surface area contributed by atoms with Crippen molar-refractivity contribution in [2.45, 2.75) is 18.9 Å². The molecule has 15 heavy (non-hydrogen) atoms. The third kappa shape index (κ3) is 4.93. The van der Waals surface area contributed by atoms with Crippen molar-refractivity contribution in [3.63, 3.8) is 0 Å². The molecule has 0 atom stereocenters. The summed E-state index contributed by atoms with van der Waals surface area (Å²) in [4.78, 5) is 2.46. The quantitative estimate of drug-likeness (QED) is 0.567. The second kappa shape index (κ2) is 6.43. The number of hydrogen-bond donors (Lipinski definition) is 2. The molecule has 1 saturated carbocycles. The molecule has 0 bridgehead atoms. The van der Waals surface area contributed by atoms with Gasteiger partial charge < -0.3 is 15.4 Å². The predicted octanol–water partition coefficient (Wildman–Crippen LogP) is -0.340. The van der Waals surface area contributed by atoms with Crippen molar-refractivity contribution in [1.29, 1.82) is 0 Å². The summed E-state index contributed by atoms with van der Waals surface area (Å²) in [5.41, 5.74) is 0. The molecule has 0 radical (unpaired) electrons. The Morgan fingerprint density at radius 3 is 2.60 bits per heavy atom. The maximum Gasteiger partial charge on any atom is 0.0594 e. The Balaban J connectivity index is 1.37. The van der Waals surface area contributed by atoms with Gasteiger partial charge in [0.1, 0.15) is 0 Å². The topological polar surface area (TPSA) is 36.5 Å². The van der Waals surface area contributed by atoms with Gasteiger partial charge >= 0.3 is 0 Å². The van der Waals surface area contributed by atoms with Gasteiger partial charge in [-0.05, 0) is 12.8 Å². The third-order valence-corrected chi connectivity index (χ3v) is 3.02. The van der Waals surface area contributed by atoms with Crippen molar-refractivity contribution in [3.8, 4) is 0 Å². The molecule has 0 unspecified atom stereocenters. The number of nitrogens with one attached hydrogen (secondary N) is 2. The standard InChI is InChI=1S/C11H23N3O/c1-2-11(1)13-4-3-12-5-6-14-7-9-15-10-8-14/h11-13H,1-10H2. The zero-order valence-corrected chi connectivity index (χ0v) is 9.50. The molecular formula is C11H23N3O. The molecular weight excluding hydrogens is 190 g/mol. The van der Waals surface area contributed by atoms with Crippen molar-refractivity contribution >= 4 is 0 Å². The van der Waals surface area contributed by atoms with E-state index in [2.05, 4.69) is 15.5 Å². The number of rotatable bonds is 7. The highest BCUT2D eigenvalue weighted by molar-refractivity contribution is 4.80. The summed E-state index contributed by atoms with van der Waals surface area (Å²) in [5.74, 6) is 0. The minimum absolute atomic E-state index is 0.839. The second-order valence-corrected chi connectivity index (χ2v) is 4.43. The van der Waals surface area contributed by atoms with Crippen LogP contribution >= 0.6 is 0 Å². The van der Waals surface area contributed by atoms with E-state index in [1.807, 2.05) is 0 Å². The van der Waals surface area contributed by atoms with Crippen LogP contribution in [0.15, 0.2) is 0 Å². The first-order valence-electron chi connectivity index (χ1n) is 6.19. The average molecular weight is 213 g/mol. The van der Waals surface area contributed by atoms with Crippen LogP contribution in [0, 0.1) is 0 Å². The normalized spacial score (nSPS) is 23.2. The first-order chi connectivity index (χ1) is 7.45. The molecule has 0 aromatic rings. The fourth-order valence-corrected chi connectivity index (χ4v) is 1.84. The van der Waals surface area contributed by atoms with Crippen LogP contribution in [0.2, 0.25) is 0 Å². The molecule has 4 nitrogen and oxygen atoms in total. The van der Waals surface area contributed by atoms with Crippen molar-refractivity contribution in [2.75, 3.05) is 52.5 Å². The zero-order chi connectivity index (χ0) is 10.3. The zero-order valence-electron chi connectivity index (χ0n) is 9.50. The van der Waals surface area contributed by atoms with Crippen LogP contribution in [0.4, 0.5) is 0 Å². The summed E-state index contributed by atoms with van der Waals surface area (Å²) in [7, 11) is 0. The van der Waals surface area contributed by atoms with Gasteiger partial charge in [0.15, 0.2) is 0 Å². The van der Waals surface area contributed by atoms with Crippen molar-refractivity contribution in [1.82, 2.24) is 15.5 Å². The molecule has 2 N–H and O–H groups in total. The molecule has 0 aromatic heterocycles. The minimum atomic E-state index is 0.839. The first kappa shape index (κ1) is 11.3. The van der Waals surface area contributed by atoms with Crippen LogP contribution in [0.1, 0.15) is 12.8 Å². The lowest BCUT2D eigenvalue weighted by molar-refractivity contribution is 0.0385. The molecule has 2 rings (SSSR count). The summed E-state index contributed by atoms with van der Waals surface area (Å²) in [5, 5.41) is 6.97. The van der Waals surface area contributed by atoms with E-state index in [4.69, 9.17) is 4.74 Å². The molecule has 1 saturated heterocycles. The molecule has 1 aliphatic heterocycles. The van der Waals surface area contributed by atoms with E-state index in [9.17, 15) is 0 Å². The average Bonchev–Trinajstić information content (AvgIpc) is 3.09. The highest BCUT2D eigenvalue weighted by Crippen LogP contribution is 2.17. The van der Waals surface area contributed by atoms with Crippen LogP contribution in [-0.4, -0.2) is 63.4 Å². The van der Waals surface area contributed by atoms with Crippen LogP contribution in [0.5, 0.6) is 0 Å². The van der Waals surface area contributed by atoms with E-state index in [-0.39, 0.29) is 0 Å². The molecule has 0 amide bonds. The number of ether oxygens (including phenoxy) is 1. The fourth-order valence-electron chi connectivity index (χ4n) is 1.84. The monoisotopic (exact) mass is 213 g/mol. The van der Waals surface area contributed by atoms with E-state index >= 15 is 0 Å². The Morgan fingerprint density at radius 1 is 1.07 bits per heavy atom. The Hall–Kier alpha value is -0.160. The highest BCUT2D eigenvalue weighted by Gasteiger charge is 2.19. The molecule has 1 heterocycles. The largest absolute Gasteiger partial charge is 0.379 e. The van der Waals surface area contributed by atoms with E-state index in [1.165, 1.54) is 12.8 Å². The minimum Gasteiger partial charge on any atom is -0.379 e. The summed E-state index contributed by atoms with van der Waals surface area (Å²) in [6.45, 7) is 8.49. The number of morpholine rings is 1. The molecule has 2 aliphatic rings. The van der Waals surface area contributed by atoms with Gasteiger partial charge in [0.2, 0.25) is 0 Å². The smallest absolute Gasteiger partial charge is 0.0594 e. The molecule has 1 aliphatic carbocycles. The van der Waals surface area contributed by atoms with Gasteiger partial charge in [0.05, 0.1) is 13.2 Å². The lowest BCUT2D eigenvalue weighted by atomic mass is 10.4. The van der Waals surface area contributed by atoms with Gasteiger partial charge in [-0.25, -0.2) is 0 Å². The van der Waals surface area contributed by atoms with Crippen LogP contribution in [0.25, 0.3) is 0 Å².